The van der Waals surface area contributed by atoms with Crippen LogP contribution in [0.15, 0.2) is 34.9 Å². The van der Waals surface area contributed by atoms with Gasteiger partial charge in [0.05, 0.1) is 18.3 Å². The van der Waals surface area contributed by atoms with Crippen molar-refractivity contribution in [3.05, 3.63) is 46.2 Å². The molecule has 0 unspecified atom stereocenters. The van der Waals surface area contributed by atoms with E-state index in [1.165, 1.54) is 37.7 Å². The molecule has 1 fully saturated rings. The first-order valence-corrected chi connectivity index (χ1v) is 8.56. The van der Waals surface area contributed by atoms with Crippen LogP contribution in [-0.2, 0) is 6.54 Å². The summed E-state index contributed by atoms with van der Waals surface area (Å²) in [5.41, 5.74) is 3.49. The molecule has 2 aromatic rings. The Kier molecular flexibility index (Phi) is 4.63. The zero-order chi connectivity index (χ0) is 14.7. The Labute approximate surface area is 134 Å². The molecule has 1 aromatic heterocycles. The van der Waals surface area contributed by atoms with Gasteiger partial charge in [-0.3, -0.25) is 4.68 Å². The van der Waals surface area contributed by atoms with E-state index >= 15 is 0 Å². The maximum absolute atomic E-state index is 4.73. The Hall–Kier alpha value is -1.29. The van der Waals surface area contributed by atoms with Crippen molar-refractivity contribution in [2.75, 3.05) is 5.32 Å². The van der Waals surface area contributed by atoms with E-state index in [4.69, 9.17) is 5.10 Å². The minimum atomic E-state index is 0.612. The number of benzene rings is 1. The molecule has 1 saturated carbocycles. The van der Waals surface area contributed by atoms with E-state index in [-0.39, 0.29) is 0 Å². The highest BCUT2D eigenvalue weighted by molar-refractivity contribution is 9.10. The van der Waals surface area contributed by atoms with Gasteiger partial charge in [-0.15, -0.1) is 0 Å². The quantitative estimate of drug-likeness (QED) is 0.836. The van der Waals surface area contributed by atoms with Crippen LogP contribution in [0.25, 0.3) is 0 Å². The van der Waals surface area contributed by atoms with E-state index in [1.807, 2.05) is 0 Å². The third kappa shape index (κ3) is 3.67. The maximum Gasteiger partial charge on any atom is 0.0815 e. The summed E-state index contributed by atoms with van der Waals surface area (Å²) in [6.07, 6.45) is 8.76. The van der Waals surface area contributed by atoms with Gasteiger partial charge in [0.1, 0.15) is 0 Å². The highest BCUT2D eigenvalue weighted by atomic mass is 79.9. The van der Waals surface area contributed by atoms with Gasteiger partial charge < -0.3 is 5.32 Å². The third-order valence-corrected chi connectivity index (χ3v) is 5.11. The number of rotatable bonds is 4. The Morgan fingerprint density at radius 3 is 2.81 bits per heavy atom. The van der Waals surface area contributed by atoms with Crippen LogP contribution in [0, 0.1) is 6.92 Å². The summed E-state index contributed by atoms with van der Waals surface area (Å²) in [6.45, 7) is 2.87. The van der Waals surface area contributed by atoms with Crippen LogP contribution in [0.5, 0.6) is 0 Å². The summed E-state index contributed by atoms with van der Waals surface area (Å²) < 4.78 is 3.31. The van der Waals surface area contributed by atoms with Gasteiger partial charge in [0, 0.05) is 16.4 Å². The van der Waals surface area contributed by atoms with Crippen molar-refractivity contribution in [1.29, 1.82) is 0 Å². The number of anilines is 1. The molecule has 21 heavy (non-hydrogen) atoms. The highest BCUT2D eigenvalue weighted by Gasteiger charge is 2.15. The largest absolute Gasteiger partial charge is 0.379 e. The van der Waals surface area contributed by atoms with Crippen LogP contribution in [0.1, 0.15) is 49.4 Å². The SMILES string of the molecule is Cc1ccc(NCc2ccn(C3CCCCC3)n2)cc1Br. The maximum atomic E-state index is 4.73. The molecule has 0 aliphatic heterocycles. The number of halogens is 1. The zero-order valence-corrected chi connectivity index (χ0v) is 14.1. The molecule has 0 saturated heterocycles. The molecule has 3 nitrogen and oxygen atoms in total. The van der Waals surface area contributed by atoms with Gasteiger partial charge in [0.25, 0.3) is 0 Å². The molecule has 4 heteroatoms. The number of aryl methyl sites for hydroxylation is 1. The number of nitrogens with zero attached hydrogens (tertiary/aromatic N) is 2. The summed E-state index contributed by atoms with van der Waals surface area (Å²) in [4.78, 5) is 0. The van der Waals surface area contributed by atoms with E-state index in [9.17, 15) is 0 Å². The fraction of sp³-hybridized carbons (Fsp3) is 0.471. The molecule has 1 aliphatic rings. The van der Waals surface area contributed by atoms with Crippen molar-refractivity contribution >= 4 is 21.6 Å². The number of aromatic nitrogens is 2. The smallest absolute Gasteiger partial charge is 0.0815 e. The third-order valence-electron chi connectivity index (χ3n) is 4.26. The van der Waals surface area contributed by atoms with Crippen LogP contribution in [-0.4, -0.2) is 9.78 Å². The molecular weight excluding hydrogens is 326 g/mol. The molecule has 0 bridgehead atoms. The molecule has 0 atom stereocenters. The van der Waals surface area contributed by atoms with E-state index in [1.54, 1.807) is 0 Å². The molecule has 1 heterocycles. The summed E-state index contributed by atoms with van der Waals surface area (Å²) in [5.74, 6) is 0. The van der Waals surface area contributed by atoms with Crippen molar-refractivity contribution in [2.45, 2.75) is 51.6 Å². The molecule has 1 aliphatic carbocycles. The molecule has 0 radical (unpaired) electrons. The lowest BCUT2D eigenvalue weighted by atomic mass is 9.96. The van der Waals surface area contributed by atoms with Gasteiger partial charge in [-0.1, -0.05) is 41.3 Å². The van der Waals surface area contributed by atoms with Crippen molar-refractivity contribution < 1.29 is 0 Å². The van der Waals surface area contributed by atoms with Crippen molar-refractivity contribution in [3.8, 4) is 0 Å². The average Bonchev–Trinajstić information content (AvgIpc) is 2.98. The lowest BCUT2D eigenvalue weighted by molar-refractivity contribution is 0.328. The minimum Gasteiger partial charge on any atom is -0.379 e. The zero-order valence-electron chi connectivity index (χ0n) is 12.5. The Balaban J connectivity index is 1.60. The van der Waals surface area contributed by atoms with E-state index < -0.39 is 0 Å². The number of hydrogen-bond donors (Lipinski definition) is 1. The van der Waals surface area contributed by atoms with Crippen LogP contribution in [0.3, 0.4) is 0 Å². The highest BCUT2D eigenvalue weighted by Crippen LogP contribution is 2.27. The second-order valence-electron chi connectivity index (χ2n) is 5.90. The second-order valence-corrected chi connectivity index (χ2v) is 6.75. The fourth-order valence-corrected chi connectivity index (χ4v) is 3.29. The Morgan fingerprint density at radius 1 is 1.24 bits per heavy atom. The Bertz CT molecular complexity index is 600. The summed E-state index contributed by atoms with van der Waals surface area (Å²) in [6, 6.07) is 9.09. The van der Waals surface area contributed by atoms with Gasteiger partial charge in [0.2, 0.25) is 0 Å². The summed E-state index contributed by atoms with van der Waals surface area (Å²) >= 11 is 3.57. The predicted octanol–water partition coefficient (Wildman–Crippen LogP) is 5.07. The fourth-order valence-electron chi connectivity index (χ4n) is 2.92. The van der Waals surface area contributed by atoms with Crippen LogP contribution in [0.2, 0.25) is 0 Å². The summed E-state index contributed by atoms with van der Waals surface area (Å²) in [7, 11) is 0. The lowest BCUT2D eigenvalue weighted by Crippen LogP contribution is -2.13. The molecular formula is C17H22BrN3. The predicted molar refractivity (Wildman–Crippen MR) is 90.6 cm³/mol. The molecule has 1 N–H and O–H groups in total. The summed E-state index contributed by atoms with van der Waals surface area (Å²) in [5, 5.41) is 8.17. The molecule has 1 aromatic carbocycles. The first kappa shape index (κ1) is 14.6. The van der Waals surface area contributed by atoms with Gasteiger partial charge >= 0.3 is 0 Å². The Morgan fingerprint density at radius 2 is 2.05 bits per heavy atom. The van der Waals surface area contributed by atoms with Gasteiger partial charge in [-0.05, 0) is 43.5 Å². The number of hydrogen-bond acceptors (Lipinski definition) is 2. The molecule has 0 amide bonds. The standard InChI is InChI=1S/C17H22BrN3/c1-13-7-8-14(11-17(13)18)19-12-15-9-10-21(20-15)16-5-3-2-4-6-16/h7-11,16,19H,2-6,12H2,1H3. The van der Waals surface area contributed by atoms with Gasteiger partial charge in [0.15, 0.2) is 0 Å². The minimum absolute atomic E-state index is 0.612. The van der Waals surface area contributed by atoms with Crippen LogP contribution >= 0.6 is 15.9 Å². The van der Waals surface area contributed by atoms with E-state index in [0.29, 0.717) is 6.04 Å². The first-order chi connectivity index (χ1) is 10.2. The van der Waals surface area contributed by atoms with E-state index in [0.717, 1.165) is 22.4 Å². The molecule has 112 valence electrons. The first-order valence-electron chi connectivity index (χ1n) is 7.76. The monoisotopic (exact) mass is 347 g/mol. The van der Waals surface area contributed by atoms with Crippen molar-refractivity contribution in [3.63, 3.8) is 0 Å². The number of nitrogens with one attached hydrogen (secondary N) is 1. The molecule has 3 rings (SSSR count). The van der Waals surface area contributed by atoms with Crippen molar-refractivity contribution in [2.24, 2.45) is 0 Å². The lowest BCUT2D eigenvalue weighted by Gasteiger charge is -2.21. The average molecular weight is 348 g/mol. The molecule has 0 spiro atoms. The van der Waals surface area contributed by atoms with E-state index in [2.05, 4.69) is 63.3 Å². The topological polar surface area (TPSA) is 29.9 Å². The van der Waals surface area contributed by atoms with Crippen LogP contribution < -0.4 is 5.32 Å². The van der Waals surface area contributed by atoms with Gasteiger partial charge in [-0.25, -0.2) is 0 Å². The second kappa shape index (κ2) is 6.65. The van der Waals surface area contributed by atoms with Crippen LogP contribution in [0.4, 0.5) is 5.69 Å². The normalized spacial score (nSPS) is 16.1. The van der Waals surface area contributed by atoms with Crippen molar-refractivity contribution in [1.82, 2.24) is 9.78 Å². The van der Waals surface area contributed by atoms with Gasteiger partial charge in [-0.2, -0.15) is 5.10 Å².